The number of nitro groups is 1. The van der Waals surface area contributed by atoms with Crippen molar-refractivity contribution in [3.05, 3.63) is 75.8 Å². The SMILES string of the molecule is COC(=O)[C@H]1N[C@H](c2ccccc2)[C@@H]([N+](=O)[O-])[C@@H]1c1ccc(OC)cc1. The third kappa shape index (κ3) is 3.25. The van der Waals surface area contributed by atoms with Gasteiger partial charge >= 0.3 is 5.97 Å². The molecule has 136 valence electrons. The van der Waals surface area contributed by atoms with Gasteiger partial charge in [-0.15, -0.1) is 0 Å². The van der Waals surface area contributed by atoms with Crippen molar-refractivity contribution in [3.8, 4) is 5.75 Å². The zero-order chi connectivity index (χ0) is 18.7. The second-order valence-electron chi connectivity index (χ2n) is 6.13. The highest BCUT2D eigenvalue weighted by molar-refractivity contribution is 5.78. The summed E-state index contributed by atoms with van der Waals surface area (Å²) in [5.74, 6) is -0.531. The Balaban J connectivity index is 2.06. The molecule has 1 saturated heterocycles. The minimum absolute atomic E-state index is 0.317. The van der Waals surface area contributed by atoms with E-state index in [1.807, 2.05) is 30.3 Å². The number of hydrogen-bond acceptors (Lipinski definition) is 6. The van der Waals surface area contributed by atoms with Gasteiger partial charge in [-0.1, -0.05) is 42.5 Å². The molecule has 0 spiro atoms. The maximum absolute atomic E-state index is 12.3. The molecule has 1 heterocycles. The lowest BCUT2D eigenvalue weighted by atomic mass is 9.85. The van der Waals surface area contributed by atoms with Crippen LogP contribution in [0.4, 0.5) is 0 Å². The summed E-state index contributed by atoms with van der Waals surface area (Å²) >= 11 is 0. The molecular weight excluding hydrogens is 336 g/mol. The zero-order valence-electron chi connectivity index (χ0n) is 14.5. The van der Waals surface area contributed by atoms with Crippen LogP contribution in [0.5, 0.6) is 5.75 Å². The third-order valence-electron chi connectivity index (χ3n) is 4.79. The monoisotopic (exact) mass is 356 g/mol. The van der Waals surface area contributed by atoms with Crippen molar-refractivity contribution in [2.45, 2.75) is 24.0 Å². The fourth-order valence-corrected chi connectivity index (χ4v) is 3.56. The molecule has 1 aliphatic heterocycles. The van der Waals surface area contributed by atoms with Gasteiger partial charge in [-0.2, -0.15) is 0 Å². The molecular formula is C19H20N2O5. The van der Waals surface area contributed by atoms with Gasteiger partial charge < -0.3 is 9.47 Å². The highest BCUT2D eigenvalue weighted by Gasteiger charge is 2.54. The molecule has 2 aromatic rings. The number of rotatable bonds is 5. The van der Waals surface area contributed by atoms with E-state index < -0.39 is 30.0 Å². The van der Waals surface area contributed by atoms with E-state index in [9.17, 15) is 14.9 Å². The maximum Gasteiger partial charge on any atom is 0.323 e. The topological polar surface area (TPSA) is 90.7 Å². The van der Waals surface area contributed by atoms with E-state index in [1.165, 1.54) is 7.11 Å². The lowest BCUT2D eigenvalue weighted by Crippen LogP contribution is -2.37. The summed E-state index contributed by atoms with van der Waals surface area (Å²) in [6.07, 6.45) is 0. The minimum Gasteiger partial charge on any atom is -0.497 e. The van der Waals surface area contributed by atoms with E-state index in [4.69, 9.17) is 9.47 Å². The van der Waals surface area contributed by atoms with E-state index in [0.29, 0.717) is 11.3 Å². The van der Waals surface area contributed by atoms with Crippen LogP contribution in [0.3, 0.4) is 0 Å². The van der Waals surface area contributed by atoms with Gasteiger partial charge in [-0.3, -0.25) is 20.2 Å². The molecule has 3 rings (SSSR count). The lowest BCUT2D eigenvalue weighted by Gasteiger charge is -2.19. The summed E-state index contributed by atoms with van der Waals surface area (Å²) in [5.41, 5.74) is 1.45. The van der Waals surface area contributed by atoms with Crippen molar-refractivity contribution >= 4 is 5.97 Å². The molecule has 0 aromatic heterocycles. The van der Waals surface area contributed by atoms with Crippen molar-refractivity contribution in [3.63, 3.8) is 0 Å². The molecule has 1 N–H and O–H groups in total. The van der Waals surface area contributed by atoms with Crippen LogP contribution in [0.25, 0.3) is 0 Å². The van der Waals surface area contributed by atoms with Gasteiger partial charge in [0.15, 0.2) is 0 Å². The van der Waals surface area contributed by atoms with Gasteiger partial charge in [0.2, 0.25) is 6.04 Å². The van der Waals surface area contributed by atoms with Gasteiger partial charge in [0.25, 0.3) is 0 Å². The van der Waals surface area contributed by atoms with Crippen LogP contribution in [-0.2, 0) is 9.53 Å². The highest BCUT2D eigenvalue weighted by Crippen LogP contribution is 2.40. The van der Waals surface area contributed by atoms with Crippen LogP contribution in [0.15, 0.2) is 54.6 Å². The molecule has 26 heavy (non-hydrogen) atoms. The smallest absolute Gasteiger partial charge is 0.323 e. The average molecular weight is 356 g/mol. The quantitative estimate of drug-likeness (QED) is 0.502. The Kier molecular flexibility index (Phi) is 5.18. The van der Waals surface area contributed by atoms with Crippen LogP contribution in [0.2, 0.25) is 0 Å². The van der Waals surface area contributed by atoms with Crippen molar-refractivity contribution in [1.29, 1.82) is 0 Å². The summed E-state index contributed by atoms with van der Waals surface area (Å²) in [4.78, 5) is 24.0. The van der Waals surface area contributed by atoms with Crippen LogP contribution in [0.1, 0.15) is 23.1 Å². The van der Waals surface area contributed by atoms with Crippen molar-refractivity contribution in [2.24, 2.45) is 0 Å². The van der Waals surface area contributed by atoms with Crippen LogP contribution in [0, 0.1) is 10.1 Å². The van der Waals surface area contributed by atoms with Gasteiger partial charge in [0.1, 0.15) is 17.8 Å². The van der Waals surface area contributed by atoms with Crippen molar-refractivity contribution in [1.82, 2.24) is 5.32 Å². The first kappa shape index (κ1) is 17.9. The van der Waals surface area contributed by atoms with E-state index in [-0.39, 0.29) is 4.92 Å². The Morgan fingerprint density at radius 1 is 1.04 bits per heavy atom. The Hall–Kier alpha value is -2.93. The summed E-state index contributed by atoms with van der Waals surface area (Å²) in [5, 5.41) is 15.1. The van der Waals surface area contributed by atoms with Crippen LogP contribution < -0.4 is 10.1 Å². The third-order valence-corrected chi connectivity index (χ3v) is 4.79. The first-order chi connectivity index (χ1) is 12.6. The Bertz CT molecular complexity index is 778. The van der Waals surface area contributed by atoms with E-state index in [1.54, 1.807) is 31.4 Å². The second kappa shape index (κ2) is 7.53. The average Bonchev–Trinajstić information content (AvgIpc) is 3.09. The number of carbonyl (C=O) groups excluding carboxylic acids is 1. The largest absolute Gasteiger partial charge is 0.497 e. The fourth-order valence-electron chi connectivity index (χ4n) is 3.56. The van der Waals surface area contributed by atoms with Gasteiger partial charge in [0, 0.05) is 4.92 Å². The van der Waals surface area contributed by atoms with Gasteiger partial charge in [-0.25, -0.2) is 0 Å². The fraction of sp³-hybridized carbons (Fsp3) is 0.316. The first-order valence-electron chi connectivity index (χ1n) is 8.23. The molecule has 7 heteroatoms. The van der Waals surface area contributed by atoms with Crippen LogP contribution in [-0.4, -0.2) is 37.2 Å². The number of esters is 1. The Morgan fingerprint density at radius 2 is 1.69 bits per heavy atom. The summed E-state index contributed by atoms with van der Waals surface area (Å²) in [6, 6.07) is 13.7. The molecule has 2 aromatic carbocycles. The summed E-state index contributed by atoms with van der Waals surface area (Å²) in [7, 11) is 2.83. The lowest BCUT2D eigenvalue weighted by molar-refractivity contribution is -0.527. The molecule has 1 aliphatic rings. The van der Waals surface area contributed by atoms with E-state index >= 15 is 0 Å². The Morgan fingerprint density at radius 3 is 2.23 bits per heavy atom. The molecule has 0 amide bonds. The van der Waals surface area contributed by atoms with E-state index in [0.717, 1.165) is 5.56 Å². The predicted molar refractivity (Wildman–Crippen MR) is 94.6 cm³/mol. The zero-order valence-corrected chi connectivity index (χ0v) is 14.5. The van der Waals surface area contributed by atoms with E-state index in [2.05, 4.69) is 5.32 Å². The number of methoxy groups -OCH3 is 2. The predicted octanol–water partition coefficient (Wildman–Crippen LogP) is 2.31. The number of nitrogens with zero attached hydrogens (tertiary/aromatic N) is 1. The minimum atomic E-state index is -1.00. The number of hydrogen-bond donors (Lipinski definition) is 1. The normalized spacial score (nSPS) is 24.8. The standard InChI is InChI=1S/C19H20N2O5/c1-25-14-10-8-12(9-11-14)15-17(19(22)26-2)20-16(18(15)21(23)24)13-6-4-3-5-7-13/h3-11,15-18,20H,1-2H3/t15-,16-,17+,18+/m1/s1. The molecule has 0 unspecified atom stereocenters. The molecule has 0 radical (unpaired) electrons. The number of carbonyl (C=O) groups is 1. The maximum atomic E-state index is 12.3. The number of benzene rings is 2. The Labute approximate surface area is 151 Å². The van der Waals surface area contributed by atoms with Crippen molar-refractivity contribution in [2.75, 3.05) is 14.2 Å². The van der Waals surface area contributed by atoms with Crippen LogP contribution >= 0.6 is 0 Å². The molecule has 1 fully saturated rings. The molecule has 4 atom stereocenters. The molecule has 7 nitrogen and oxygen atoms in total. The second-order valence-corrected chi connectivity index (χ2v) is 6.13. The summed E-state index contributed by atoms with van der Waals surface area (Å²) in [6.45, 7) is 0. The molecule has 0 bridgehead atoms. The van der Waals surface area contributed by atoms with Crippen molar-refractivity contribution < 1.29 is 19.2 Å². The highest BCUT2D eigenvalue weighted by atomic mass is 16.6. The number of nitrogens with one attached hydrogen (secondary N) is 1. The number of ether oxygens (including phenoxy) is 2. The summed E-state index contributed by atoms with van der Waals surface area (Å²) < 4.78 is 10.0. The van der Waals surface area contributed by atoms with Gasteiger partial charge in [-0.05, 0) is 23.3 Å². The van der Waals surface area contributed by atoms with Gasteiger partial charge in [0.05, 0.1) is 20.1 Å². The molecule has 0 saturated carbocycles. The molecule has 0 aliphatic carbocycles. The first-order valence-corrected chi connectivity index (χ1v) is 8.23.